The van der Waals surface area contributed by atoms with Gasteiger partial charge >= 0.3 is 5.97 Å². The summed E-state index contributed by atoms with van der Waals surface area (Å²) < 4.78 is 0. The Morgan fingerprint density at radius 2 is 1.18 bits per heavy atom. The average Bonchev–Trinajstić information content (AvgIpc) is 2.48. The summed E-state index contributed by atoms with van der Waals surface area (Å²) in [6.45, 7) is 7.09. The molecule has 0 amide bonds. The van der Waals surface area contributed by atoms with Gasteiger partial charge in [-0.3, -0.25) is 4.79 Å². The zero-order valence-corrected chi connectivity index (χ0v) is 15.4. The summed E-state index contributed by atoms with van der Waals surface area (Å²) in [5.41, 5.74) is 0. The van der Waals surface area contributed by atoms with Crippen LogP contribution in [-0.4, -0.2) is 11.1 Å². The molecule has 0 spiro atoms. The molecule has 0 fully saturated rings. The van der Waals surface area contributed by atoms with E-state index in [1.54, 1.807) is 0 Å². The number of hydrogen-bond donors (Lipinski definition) is 1. The molecule has 1 N–H and O–H groups in total. The topological polar surface area (TPSA) is 37.3 Å². The van der Waals surface area contributed by atoms with Crippen LogP contribution in [-0.2, 0) is 4.79 Å². The maximum absolute atomic E-state index is 10.4. The first-order chi connectivity index (χ1) is 10.6. The summed E-state index contributed by atoms with van der Waals surface area (Å²) in [6.07, 6.45) is 17.2. The molecule has 0 aliphatic heterocycles. The van der Waals surface area contributed by atoms with E-state index in [2.05, 4.69) is 20.8 Å². The van der Waals surface area contributed by atoms with Gasteiger partial charge in [-0.15, -0.1) is 0 Å². The van der Waals surface area contributed by atoms with Gasteiger partial charge in [0.15, 0.2) is 0 Å². The van der Waals surface area contributed by atoms with E-state index in [9.17, 15) is 4.79 Å². The molecule has 0 rings (SSSR count). The van der Waals surface area contributed by atoms with E-state index < -0.39 is 5.97 Å². The van der Waals surface area contributed by atoms with Crippen molar-refractivity contribution in [3.63, 3.8) is 0 Å². The summed E-state index contributed by atoms with van der Waals surface area (Å²) in [6, 6.07) is 0. The number of rotatable bonds is 16. The lowest BCUT2D eigenvalue weighted by Gasteiger charge is -2.15. The Hall–Kier alpha value is -0.530. The van der Waals surface area contributed by atoms with Crippen LogP contribution in [0.25, 0.3) is 0 Å². The molecule has 0 bridgehead atoms. The highest BCUT2D eigenvalue weighted by Crippen LogP contribution is 2.22. The molecule has 2 atom stereocenters. The quantitative estimate of drug-likeness (QED) is 0.317. The van der Waals surface area contributed by atoms with Gasteiger partial charge < -0.3 is 5.11 Å². The summed E-state index contributed by atoms with van der Waals surface area (Å²) in [7, 11) is 0. The summed E-state index contributed by atoms with van der Waals surface area (Å²) in [4.78, 5) is 10.4. The number of unbranched alkanes of at least 4 members (excludes halogenated alkanes) is 7. The van der Waals surface area contributed by atoms with Crippen LogP contribution in [0.4, 0.5) is 0 Å². The fourth-order valence-electron chi connectivity index (χ4n) is 3.08. The highest BCUT2D eigenvalue weighted by atomic mass is 16.4. The molecular formula is C20H40O2. The van der Waals surface area contributed by atoms with Crippen molar-refractivity contribution in [2.24, 2.45) is 11.8 Å². The molecule has 0 aliphatic carbocycles. The first kappa shape index (κ1) is 21.5. The van der Waals surface area contributed by atoms with Crippen LogP contribution in [0.3, 0.4) is 0 Å². The van der Waals surface area contributed by atoms with Crippen LogP contribution in [0.1, 0.15) is 111 Å². The molecular weight excluding hydrogens is 272 g/mol. The van der Waals surface area contributed by atoms with Crippen LogP contribution in [0, 0.1) is 11.8 Å². The minimum Gasteiger partial charge on any atom is -0.481 e. The lowest BCUT2D eigenvalue weighted by Crippen LogP contribution is -2.01. The van der Waals surface area contributed by atoms with Gasteiger partial charge in [-0.25, -0.2) is 0 Å². The number of carboxylic acids is 1. The third kappa shape index (κ3) is 15.9. The second kappa shape index (κ2) is 15.4. The molecule has 2 nitrogen and oxygen atoms in total. The Balaban J connectivity index is 3.34. The molecule has 2 heteroatoms. The van der Waals surface area contributed by atoms with Gasteiger partial charge in [0.1, 0.15) is 0 Å². The number of aliphatic carboxylic acids is 1. The van der Waals surface area contributed by atoms with Crippen LogP contribution in [0.2, 0.25) is 0 Å². The van der Waals surface area contributed by atoms with E-state index in [0.29, 0.717) is 6.42 Å². The average molecular weight is 313 g/mol. The predicted octanol–water partition coefficient (Wildman–Crippen LogP) is 6.82. The van der Waals surface area contributed by atoms with Crippen molar-refractivity contribution in [2.75, 3.05) is 0 Å². The Bertz CT molecular complexity index is 250. The number of hydrogen-bond acceptors (Lipinski definition) is 1. The van der Waals surface area contributed by atoms with Crippen molar-refractivity contribution < 1.29 is 9.90 Å². The van der Waals surface area contributed by atoms with Crippen LogP contribution in [0.15, 0.2) is 0 Å². The van der Waals surface area contributed by atoms with Gasteiger partial charge in [0, 0.05) is 6.42 Å². The van der Waals surface area contributed by atoms with Crippen LogP contribution in [0.5, 0.6) is 0 Å². The van der Waals surface area contributed by atoms with Crippen molar-refractivity contribution in [3.05, 3.63) is 0 Å². The van der Waals surface area contributed by atoms with E-state index in [1.807, 2.05) is 0 Å². The summed E-state index contributed by atoms with van der Waals surface area (Å²) in [5.74, 6) is 1.10. The van der Waals surface area contributed by atoms with E-state index >= 15 is 0 Å². The van der Waals surface area contributed by atoms with Gasteiger partial charge in [-0.05, 0) is 18.3 Å². The van der Waals surface area contributed by atoms with E-state index in [1.165, 1.54) is 70.6 Å². The summed E-state index contributed by atoms with van der Waals surface area (Å²) in [5, 5.41) is 8.57. The lowest BCUT2D eigenvalue weighted by molar-refractivity contribution is -0.137. The van der Waals surface area contributed by atoms with E-state index in [4.69, 9.17) is 5.11 Å². The largest absolute Gasteiger partial charge is 0.481 e. The van der Waals surface area contributed by atoms with Crippen LogP contribution >= 0.6 is 0 Å². The standard InChI is InChI=1S/C20H40O2/c1-4-5-6-10-13-18(2)16-17-19(3)14-11-8-7-9-12-15-20(21)22/h18-19H,4-17H2,1-3H3,(H,21,22). The molecule has 0 aromatic carbocycles. The fraction of sp³-hybridized carbons (Fsp3) is 0.950. The van der Waals surface area contributed by atoms with Crippen LogP contribution < -0.4 is 0 Å². The van der Waals surface area contributed by atoms with Crippen molar-refractivity contribution >= 4 is 5.97 Å². The molecule has 0 aliphatic rings. The van der Waals surface area contributed by atoms with Gasteiger partial charge in [0.05, 0.1) is 0 Å². The SMILES string of the molecule is CCCCCCC(C)CCC(C)CCCCCCCC(=O)O. The second-order valence-corrected chi connectivity index (χ2v) is 7.34. The zero-order chi connectivity index (χ0) is 16.6. The van der Waals surface area contributed by atoms with Crippen molar-refractivity contribution in [3.8, 4) is 0 Å². The highest BCUT2D eigenvalue weighted by molar-refractivity contribution is 5.66. The first-order valence-corrected chi connectivity index (χ1v) is 9.78. The molecule has 0 saturated carbocycles. The monoisotopic (exact) mass is 312 g/mol. The number of carbonyl (C=O) groups is 1. The lowest BCUT2D eigenvalue weighted by atomic mass is 9.91. The van der Waals surface area contributed by atoms with E-state index in [0.717, 1.165) is 24.7 Å². The Morgan fingerprint density at radius 1 is 0.727 bits per heavy atom. The fourth-order valence-corrected chi connectivity index (χ4v) is 3.08. The molecule has 0 aromatic rings. The van der Waals surface area contributed by atoms with Gasteiger partial charge in [0.25, 0.3) is 0 Å². The molecule has 0 aromatic heterocycles. The molecule has 22 heavy (non-hydrogen) atoms. The van der Waals surface area contributed by atoms with Gasteiger partial charge in [-0.1, -0.05) is 97.8 Å². The molecule has 0 radical (unpaired) electrons. The minimum atomic E-state index is -0.655. The molecule has 132 valence electrons. The van der Waals surface area contributed by atoms with E-state index in [-0.39, 0.29) is 0 Å². The van der Waals surface area contributed by atoms with Gasteiger partial charge in [-0.2, -0.15) is 0 Å². The molecule has 0 heterocycles. The Labute approximate surface area is 139 Å². The Kier molecular flexibility index (Phi) is 15.0. The highest BCUT2D eigenvalue weighted by Gasteiger charge is 2.07. The third-order valence-corrected chi connectivity index (χ3v) is 4.79. The molecule has 0 saturated heterocycles. The smallest absolute Gasteiger partial charge is 0.303 e. The van der Waals surface area contributed by atoms with Gasteiger partial charge in [0.2, 0.25) is 0 Å². The third-order valence-electron chi connectivity index (χ3n) is 4.79. The minimum absolute atomic E-state index is 0.340. The van der Waals surface area contributed by atoms with Crippen molar-refractivity contribution in [1.82, 2.24) is 0 Å². The van der Waals surface area contributed by atoms with Crippen molar-refractivity contribution in [2.45, 2.75) is 111 Å². The maximum atomic E-state index is 10.4. The maximum Gasteiger partial charge on any atom is 0.303 e. The zero-order valence-electron chi connectivity index (χ0n) is 15.4. The molecule has 2 unspecified atom stereocenters. The predicted molar refractivity (Wildman–Crippen MR) is 96.3 cm³/mol. The number of carboxylic acid groups (broad SMARTS) is 1. The van der Waals surface area contributed by atoms with Crippen molar-refractivity contribution in [1.29, 1.82) is 0 Å². The summed E-state index contributed by atoms with van der Waals surface area (Å²) >= 11 is 0. The second-order valence-electron chi connectivity index (χ2n) is 7.34. The Morgan fingerprint density at radius 3 is 1.68 bits per heavy atom. The first-order valence-electron chi connectivity index (χ1n) is 9.78. The normalized spacial score (nSPS) is 14.0.